The molecule has 1 fully saturated rings. The van der Waals surface area contributed by atoms with Crippen molar-refractivity contribution in [1.29, 1.82) is 0 Å². The summed E-state index contributed by atoms with van der Waals surface area (Å²) in [5.41, 5.74) is 2.28. The van der Waals surface area contributed by atoms with Crippen LogP contribution in [0.5, 0.6) is 0 Å². The predicted octanol–water partition coefficient (Wildman–Crippen LogP) is 5.41. The smallest absolute Gasteiger partial charge is 0.229 e. The van der Waals surface area contributed by atoms with E-state index in [9.17, 15) is 14.0 Å². The highest BCUT2D eigenvalue weighted by Gasteiger charge is 2.44. The summed E-state index contributed by atoms with van der Waals surface area (Å²) in [6.07, 6.45) is 0.805. The van der Waals surface area contributed by atoms with Crippen LogP contribution in [0.15, 0.2) is 52.3 Å². The number of carbonyl (C=O) groups is 2. The summed E-state index contributed by atoms with van der Waals surface area (Å²) in [6.45, 7) is 1.36. The molecule has 148 valence electrons. The van der Waals surface area contributed by atoms with E-state index < -0.39 is 5.82 Å². The van der Waals surface area contributed by atoms with Crippen molar-refractivity contribution in [3.8, 4) is 11.3 Å². The molecular formula is C21H17BrFN3O2S. The maximum absolute atomic E-state index is 14.4. The third kappa shape index (κ3) is 4.54. The van der Waals surface area contributed by atoms with Gasteiger partial charge in [0.05, 0.1) is 5.69 Å². The van der Waals surface area contributed by atoms with Gasteiger partial charge in [0.1, 0.15) is 5.82 Å². The van der Waals surface area contributed by atoms with Crippen LogP contribution in [-0.4, -0.2) is 16.8 Å². The molecular weight excluding hydrogens is 457 g/mol. The van der Waals surface area contributed by atoms with Crippen LogP contribution in [0, 0.1) is 11.7 Å². The van der Waals surface area contributed by atoms with Crippen molar-refractivity contribution in [3.05, 3.63) is 63.7 Å². The minimum atomic E-state index is -0.490. The fraction of sp³-hybridized carbons (Fsp3) is 0.190. The summed E-state index contributed by atoms with van der Waals surface area (Å²) in [7, 11) is 0. The second kappa shape index (κ2) is 8.04. The number of nitrogens with zero attached hydrogens (tertiary/aromatic N) is 1. The van der Waals surface area contributed by atoms with E-state index in [4.69, 9.17) is 0 Å². The first-order valence-electron chi connectivity index (χ1n) is 9.00. The van der Waals surface area contributed by atoms with Crippen LogP contribution >= 0.6 is 27.3 Å². The molecule has 2 unspecified atom stereocenters. The molecule has 29 heavy (non-hydrogen) atoms. The lowest BCUT2D eigenvalue weighted by atomic mass is 10.1. The summed E-state index contributed by atoms with van der Waals surface area (Å²) in [4.78, 5) is 28.0. The highest BCUT2D eigenvalue weighted by molar-refractivity contribution is 9.10. The molecule has 0 saturated heterocycles. The maximum Gasteiger partial charge on any atom is 0.229 e. The molecule has 1 aliphatic rings. The molecule has 0 spiro atoms. The second-order valence-electron chi connectivity index (χ2n) is 6.91. The number of nitrogens with one attached hydrogen (secondary N) is 2. The quantitative estimate of drug-likeness (QED) is 0.520. The molecule has 5 nitrogen and oxygen atoms in total. The molecule has 8 heteroatoms. The predicted molar refractivity (Wildman–Crippen MR) is 115 cm³/mol. The number of aromatic nitrogens is 1. The van der Waals surface area contributed by atoms with Gasteiger partial charge in [-0.2, -0.15) is 0 Å². The molecule has 2 N–H and O–H groups in total. The lowest BCUT2D eigenvalue weighted by molar-refractivity contribution is -0.117. The Morgan fingerprint density at radius 2 is 2.03 bits per heavy atom. The van der Waals surface area contributed by atoms with Crippen LogP contribution in [0.1, 0.15) is 24.8 Å². The van der Waals surface area contributed by atoms with Gasteiger partial charge in [-0.15, -0.1) is 11.3 Å². The molecule has 3 aromatic rings. The number of benzene rings is 2. The molecule has 2 aromatic carbocycles. The molecule has 0 aliphatic heterocycles. The minimum absolute atomic E-state index is 0.0719. The summed E-state index contributed by atoms with van der Waals surface area (Å²) in [5.74, 6) is -0.693. The molecule has 0 radical (unpaired) electrons. The molecule has 1 saturated carbocycles. The number of hydrogen-bond acceptors (Lipinski definition) is 4. The second-order valence-corrected chi connectivity index (χ2v) is 8.68. The fourth-order valence-corrected chi connectivity index (χ4v) is 4.38. The molecule has 0 bridgehead atoms. The van der Waals surface area contributed by atoms with Crippen LogP contribution in [0.25, 0.3) is 11.3 Å². The SMILES string of the molecule is CC(=O)Nc1ccc(-c2csc(NC(=O)C3CC3c3cccc(Br)c3)n2)c(F)c1. The van der Waals surface area contributed by atoms with Crippen LogP contribution in [0.3, 0.4) is 0 Å². The molecule has 1 heterocycles. The number of amides is 2. The average Bonchev–Trinajstić information content (AvgIpc) is 3.34. The van der Waals surface area contributed by atoms with Crippen molar-refractivity contribution in [2.24, 2.45) is 5.92 Å². The Kier molecular flexibility index (Phi) is 5.47. The first kappa shape index (κ1) is 19.7. The maximum atomic E-state index is 14.4. The van der Waals surface area contributed by atoms with Crippen LogP contribution in [0.4, 0.5) is 15.2 Å². The van der Waals surface area contributed by atoms with E-state index in [1.54, 1.807) is 17.5 Å². The van der Waals surface area contributed by atoms with Crippen molar-refractivity contribution in [3.63, 3.8) is 0 Å². The molecule has 1 aromatic heterocycles. The third-order valence-corrected chi connectivity index (χ3v) is 5.95. The Morgan fingerprint density at radius 1 is 1.21 bits per heavy atom. The molecule has 1 aliphatic carbocycles. The van der Waals surface area contributed by atoms with Gasteiger partial charge in [-0.1, -0.05) is 28.1 Å². The van der Waals surface area contributed by atoms with Crippen molar-refractivity contribution >= 4 is 49.9 Å². The summed E-state index contributed by atoms with van der Waals surface area (Å²) in [6, 6.07) is 12.4. The first-order valence-corrected chi connectivity index (χ1v) is 10.7. The summed E-state index contributed by atoms with van der Waals surface area (Å²) < 4.78 is 15.4. The molecule has 2 amide bonds. The normalized spacial score (nSPS) is 17.6. The standard InChI is InChI=1S/C21H17BrFN3O2S/c1-11(27)24-14-5-6-15(18(23)8-14)19-10-29-21(25-19)26-20(28)17-9-16(17)12-3-2-4-13(22)7-12/h2-8,10,16-17H,9H2,1H3,(H,24,27)(H,25,26,28). The lowest BCUT2D eigenvalue weighted by Gasteiger charge is -2.05. The van der Waals surface area contributed by atoms with Crippen molar-refractivity contribution < 1.29 is 14.0 Å². The van der Waals surface area contributed by atoms with Gasteiger partial charge in [-0.05, 0) is 48.2 Å². The Labute approximate surface area is 179 Å². The van der Waals surface area contributed by atoms with Gasteiger partial charge in [-0.25, -0.2) is 9.37 Å². The average molecular weight is 474 g/mol. The highest BCUT2D eigenvalue weighted by Crippen LogP contribution is 2.48. The third-order valence-electron chi connectivity index (χ3n) is 4.70. The molecule has 2 atom stereocenters. The fourth-order valence-electron chi connectivity index (χ4n) is 3.25. The topological polar surface area (TPSA) is 71.1 Å². The van der Waals surface area contributed by atoms with E-state index in [2.05, 4.69) is 31.5 Å². The Hall–Kier alpha value is -2.58. The zero-order valence-corrected chi connectivity index (χ0v) is 17.8. The first-order chi connectivity index (χ1) is 13.9. The highest BCUT2D eigenvalue weighted by atomic mass is 79.9. The largest absolute Gasteiger partial charge is 0.326 e. The van der Waals surface area contributed by atoms with Gasteiger partial charge in [0.2, 0.25) is 11.8 Å². The van der Waals surface area contributed by atoms with Crippen molar-refractivity contribution in [2.75, 3.05) is 10.6 Å². The van der Waals surface area contributed by atoms with Gasteiger partial charge in [-0.3, -0.25) is 9.59 Å². The number of anilines is 2. The van der Waals surface area contributed by atoms with E-state index >= 15 is 0 Å². The van der Waals surface area contributed by atoms with E-state index in [0.717, 1.165) is 16.5 Å². The van der Waals surface area contributed by atoms with Gasteiger partial charge in [0.25, 0.3) is 0 Å². The number of carbonyl (C=O) groups excluding carboxylic acids is 2. The Bertz CT molecular complexity index is 1100. The minimum Gasteiger partial charge on any atom is -0.326 e. The van der Waals surface area contributed by atoms with Crippen LogP contribution in [-0.2, 0) is 9.59 Å². The van der Waals surface area contributed by atoms with Crippen molar-refractivity contribution in [2.45, 2.75) is 19.3 Å². The Balaban J connectivity index is 1.42. The number of thiazole rings is 1. The van der Waals surface area contributed by atoms with Crippen molar-refractivity contribution in [1.82, 2.24) is 4.98 Å². The van der Waals surface area contributed by atoms with E-state index in [1.165, 1.54) is 24.3 Å². The van der Waals surface area contributed by atoms with E-state index in [0.29, 0.717) is 22.1 Å². The van der Waals surface area contributed by atoms with Crippen LogP contribution in [0.2, 0.25) is 0 Å². The van der Waals surface area contributed by atoms with Gasteiger partial charge >= 0.3 is 0 Å². The number of halogens is 2. The number of hydrogen-bond donors (Lipinski definition) is 2. The number of rotatable bonds is 5. The lowest BCUT2D eigenvalue weighted by Crippen LogP contribution is -2.14. The Morgan fingerprint density at radius 3 is 2.76 bits per heavy atom. The van der Waals surface area contributed by atoms with Gasteiger partial charge in [0, 0.05) is 33.9 Å². The summed E-state index contributed by atoms with van der Waals surface area (Å²) >= 11 is 4.71. The zero-order valence-electron chi connectivity index (χ0n) is 15.4. The van der Waals surface area contributed by atoms with E-state index in [-0.39, 0.29) is 23.7 Å². The van der Waals surface area contributed by atoms with Gasteiger partial charge in [0.15, 0.2) is 5.13 Å². The van der Waals surface area contributed by atoms with Crippen LogP contribution < -0.4 is 10.6 Å². The summed E-state index contributed by atoms with van der Waals surface area (Å²) in [5, 5.41) is 7.52. The zero-order chi connectivity index (χ0) is 20.5. The monoisotopic (exact) mass is 473 g/mol. The van der Waals surface area contributed by atoms with Gasteiger partial charge < -0.3 is 10.6 Å². The van der Waals surface area contributed by atoms with E-state index in [1.807, 2.05) is 24.3 Å². The molecule has 4 rings (SSSR count).